The van der Waals surface area contributed by atoms with Gasteiger partial charge >= 0.3 is 0 Å². The fourth-order valence-electron chi connectivity index (χ4n) is 2.41. The molecule has 3 aromatic carbocycles. The van der Waals surface area contributed by atoms with Crippen molar-refractivity contribution in [2.24, 2.45) is 5.73 Å². The SMILES string of the molecule is NCc1ccc2ccc(Cc3ccccc3)cc2c1. The van der Waals surface area contributed by atoms with Gasteiger partial charge in [-0.15, -0.1) is 0 Å². The lowest BCUT2D eigenvalue weighted by Gasteiger charge is -2.06. The number of fused-ring (bicyclic) bond motifs is 1. The number of benzene rings is 3. The molecule has 19 heavy (non-hydrogen) atoms. The van der Waals surface area contributed by atoms with Crippen molar-refractivity contribution in [3.63, 3.8) is 0 Å². The van der Waals surface area contributed by atoms with Crippen LogP contribution in [0.5, 0.6) is 0 Å². The first-order valence-corrected chi connectivity index (χ1v) is 6.61. The fourth-order valence-corrected chi connectivity index (χ4v) is 2.41. The van der Waals surface area contributed by atoms with Gasteiger partial charge in [0.2, 0.25) is 0 Å². The highest BCUT2D eigenvalue weighted by atomic mass is 14.5. The molecule has 0 aliphatic carbocycles. The summed E-state index contributed by atoms with van der Waals surface area (Å²) >= 11 is 0. The van der Waals surface area contributed by atoms with Gasteiger partial charge in [-0.25, -0.2) is 0 Å². The summed E-state index contributed by atoms with van der Waals surface area (Å²) in [6.45, 7) is 0.596. The summed E-state index contributed by atoms with van der Waals surface area (Å²) in [5.41, 5.74) is 9.57. The van der Waals surface area contributed by atoms with Gasteiger partial charge in [-0.3, -0.25) is 0 Å². The number of nitrogens with two attached hydrogens (primary N) is 1. The summed E-state index contributed by atoms with van der Waals surface area (Å²) in [6.07, 6.45) is 0.976. The Morgan fingerprint density at radius 1 is 0.632 bits per heavy atom. The molecule has 1 nitrogen and oxygen atoms in total. The molecule has 3 rings (SSSR count). The van der Waals surface area contributed by atoms with Crippen LogP contribution in [-0.2, 0) is 13.0 Å². The van der Waals surface area contributed by atoms with Gasteiger partial charge in [-0.2, -0.15) is 0 Å². The topological polar surface area (TPSA) is 26.0 Å². The quantitative estimate of drug-likeness (QED) is 0.746. The molecule has 0 saturated carbocycles. The minimum absolute atomic E-state index is 0.596. The average Bonchev–Trinajstić information content (AvgIpc) is 2.47. The van der Waals surface area contributed by atoms with E-state index in [0.29, 0.717) is 6.54 Å². The van der Waals surface area contributed by atoms with Crippen molar-refractivity contribution in [2.45, 2.75) is 13.0 Å². The van der Waals surface area contributed by atoms with Crippen molar-refractivity contribution in [3.8, 4) is 0 Å². The van der Waals surface area contributed by atoms with Gasteiger partial charge in [-0.1, -0.05) is 60.7 Å². The fraction of sp³-hybridized carbons (Fsp3) is 0.111. The third kappa shape index (κ3) is 2.67. The van der Waals surface area contributed by atoms with E-state index in [4.69, 9.17) is 5.73 Å². The van der Waals surface area contributed by atoms with Crippen LogP contribution in [0.25, 0.3) is 10.8 Å². The zero-order chi connectivity index (χ0) is 13.1. The van der Waals surface area contributed by atoms with Crippen molar-refractivity contribution in [1.29, 1.82) is 0 Å². The highest BCUT2D eigenvalue weighted by molar-refractivity contribution is 5.83. The number of hydrogen-bond acceptors (Lipinski definition) is 1. The second-order valence-corrected chi connectivity index (χ2v) is 4.88. The Balaban J connectivity index is 1.96. The molecule has 94 valence electrons. The molecule has 0 bridgehead atoms. The van der Waals surface area contributed by atoms with E-state index in [0.717, 1.165) is 6.42 Å². The normalized spacial score (nSPS) is 10.8. The zero-order valence-electron chi connectivity index (χ0n) is 10.8. The molecule has 0 aromatic heterocycles. The molecule has 0 heterocycles. The first-order valence-electron chi connectivity index (χ1n) is 6.61. The van der Waals surface area contributed by atoms with Crippen LogP contribution in [0, 0.1) is 0 Å². The molecule has 0 saturated heterocycles. The predicted octanol–water partition coefficient (Wildman–Crippen LogP) is 3.89. The molecule has 0 radical (unpaired) electrons. The predicted molar refractivity (Wildman–Crippen MR) is 81.1 cm³/mol. The second kappa shape index (κ2) is 5.25. The van der Waals surface area contributed by atoms with Crippen molar-refractivity contribution < 1.29 is 0 Å². The van der Waals surface area contributed by atoms with Gasteiger partial charge in [0.05, 0.1) is 0 Å². The van der Waals surface area contributed by atoms with E-state index in [1.807, 2.05) is 0 Å². The van der Waals surface area contributed by atoms with E-state index in [2.05, 4.69) is 66.7 Å². The lowest BCUT2D eigenvalue weighted by molar-refractivity contribution is 1.08. The van der Waals surface area contributed by atoms with Crippen molar-refractivity contribution in [3.05, 3.63) is 83.4 Å². The largest absolute Gasteiger partial charge is 0.326 e. The molecule has 3 aromatic rings. The first kappa shape index (κ1) is 11.9. The summed E-state index contributed by atoms with van der Waals surface area (Å²) < 4.78 is 0. The highest BCUT2D eigenvalue weighted by Crippen LogP contribution is 2.19. The molecule has 0 atom stereocenters. The minimum atomic E-state index is 0.596. The van der Waals surface area contributed by atoms with E-state index in [1.54, 1.807) is 0 Å². The Labute approximate surface area is 113 Å². The van der Waals surface area contributed by atoms with E-state index in [1.165, 1.54) is 27.5 Å². The second-order valence-electron chi connectivity index (χ2n) is 4.88. The van der Waals surface area contributed by atoms with E-state index in [9.17, 15) is 0 Å². The molecule has 0 aliphatic heterocycles. The number of rotatable bonds is 3. The summed E-state index contributed by atoms with van der Waals surface area (Å²) in [5, 5.41) is 2.55. The van der Waals surface area contributed by atoms with Gasteiger partial charge in [0, 0.05) is 6.54 Å². The zero-order valence-corrected chi connectivity index (χ0v) is 10.8. The maximum Gasteiger partial charge on any atom is 0.0178 e. The van der Waals surface area contributed by atoms with Gasteiger partial charge < -0.3 is 5.73 Å². The van der Waals surface area contributed by atoms with E-state index >= 15 is 0 Å². The molecular formula is C18H17N. The van der Waals surface area contributed by atoms with Crippen LogP contribution in [0.4, 0.5) is 0 Å². The van der Waals surface area contributed by atoms with Crippen LogP contribution in [0.2, 0.25) is 0 Å². The van der Waals surface area contributed by atoms with Crippen LogP contribution in [0.1, 0.15) is 16.7 Å². The van der Waals surface area contributed by atoms with E-state index in [-0.39, 0.29) is 0 Å². The molecule has 2 N–H and O–H groups in total. The average molecular weight is 247 g/mol. The van der Waals surface area contributed by atoms with Crippen molar-refractivity contribution >= 4 is 10.8 Å². The van der Waals surface area contributed by atoms with Gasteiger partial charge in [0.25, 0.3) is 0 Å². The van der Waals surface area contributed by atoms with Crippen LogP contribution < -0.4 is 5.73 Å². The third-order valence-corrected chi connectivity index (χ3v) is 3.46. The summed E-state index contributed by atoms with van der Waals surface area (Å²) in [6, 6.07) is 23.6. The molecule has 0 fully saturated rings. The molecule has 0 aliphatic rings. The van der Waals surface area contributed by atoms with Crippen molar-refractivity contribution in [2.75, 3.05) is 0 Å². The lowest BCUT2D eigenvalue weighted by Crippen LogP contribution is -1.95. The molecule has 0 unspecified atom stereocenters. The smallest absolute Gasteiger partial charge is 0.0178 e. The Kier molecular flexibility index (Phi) is 3.30. The van der Waals surface area contributed by atoms with Crippen LogP contribution in [0.3, 0.4) is 0 Å². The van der Waals surface area contributed by atoms with Crippen molar-refractivity contribution in [1.82, 2.24) is 0 Å². The number of hydrogen-bond donors (Lipinski definition) is 1. The Morgan fingerprint density at radius 2 is 1.32 bits per heavy atom. The summed E-state index contributed by atoms with van der Waals surface area (Å²) in [7, 11) is 0. The van der Waals surface area contributed by atoms with Crippen LogP contribution in [-0.4, -0.2) is 0 Å². The van der Waals surface area contributed by atoms with Crippen LogP contribution in [0.15, 0.2) is 66.7 Å². The Morgan fingerprint density at radius 3 is 2.05 bits per heavy atom. The first-order chi connectivity index (χ1) is 9.35. The Bertz CT molecular complexity index is 686. The molecule has 1 heteroatoms. The monoisotopic (exact) mass is 247 g/mol. The maximum absolute atomic E-state index is 5.70. The van der Waals surface area contributed by atoms with Gasteiger partial charge in [-0.05, 0) is 39.9 Å². The van der Waals surface area contributed by atoms with Crippen LogP contribution >= 0.6 is 0 Å². The third-order valence-electron chi connectivity index (χ3n) is 3.46. The highest BCUT2D eigenvalue weighted by Gasteiger charge is 1.99. The lowest BCUT2D eigenvalue weighted by atomic mass is 10.00. The minimum Gasteiger partial charge on any atom is -0.326 e. The standard InChI is InChI=1S/C18H17N/c19-13-16-7-9-17-8-6-15(11-18(17)12-16)10-14-4-2-1-3-5-14/h1-9,11-12H,10,13,19H2. The van der Waals surface area contributed by atoms with Gasteiger partial charge in [0.1, 0.15) is 0 Å². The Hall–Kier alpha value is -2.12. The van der Waals surface area contributed by atoms with E-state index < -0.39 is 0 Å². The summed E-state index contributed by atoms with van der Waals surface area (Å²) in [4.78, 5) is 0. The summed E-state index contributed by atoms with van der Waals surface area (Å²) in [5.74, 6) is 0. The molecule has 0 spiro atoms. The van der Waals surface area contributed by atoms with Gasteiger partial charge in [0.15, 0.2) is 0 Å². The molecule has 0 amide bonds. The molecular weight excluding hydrogens is 230 g/mol. The maximum atomic E-state index is 5.70.